The molecule has 0 unspecified atom stereocenters. The van der Waals surface area contributed by atoms with Crippen molar-refractivity contribution in [3.63, 3.8) is 0 Å². The van der Waals surface area contributed by atoms with E-state index in [2.05, 4.69) is 5.10 Å². The quantitative estimate of drug-likeness (QED) is 0.874. The maximum atomic E-state index is 13.1. The van der Waals surface area contributed by atoms with Gasteiger partial charge in [-0.05, 0) is 6.92 Å². The van der Waals surface area contributed by atoms with E-state index < -0.39 is 33.2 Å². The summed E-state index contributed by atoms with van der Waals surface area (Å²) < 4.78 is 66.4. The van der Waals surface area contributed by atoms with Gasteiger partial charge in [0.25, 0.3) is 10.0 Å². The number of anilines is 1. The SMILES string of the molecule is Cc1nn(C)c(Cl)c1S(=O)(=O)Nc1cc(F)c(F)c(F)c1. The van der Waals surface area contributed by atoms with Crippen molar-refractivity contribution in [3.8, 4) is 0 Å². The molecule has 10 heteroatoms. The number of aromatic nitrogens is 2. The normalized spacial score (nSPS) is 11.7. The molecule has 1 heterocycles. The molecule has 0 atom stereocenters. The fraction of sp³-hybridized carbons (Fsp3) is 0.182. The highest BCUT2D eigenvalue weighted by Crippen LogP contribution is 2.27. The summed E-state index contributed by atoms with van der Waals surface area (Å²) in [6.07, 6.45) is 0. The molecule has 0 aliphatic heterocycles. The Labute approximate surface area is 123 Å². The number of rotatable bonds is 3. The largest absolute Gasteiger partial charge is 0.279 e. The lowest BCUT2D eigenvalue weighted by Crippen LogP contribution is -2.14. The Hall–Kier alpha value is -1.74. The minimum Gasteiger partial charge on any atom is -0.279 e. The number of nitrogens with one attached hydrogen (secondary N) is 1. The van der Waals surface area contributed by atoms with E-state index >= 15 is 0 Å². The van der Waals surface area contributed by atoms with Gasteiger partial charge in [0.15, 0.2) is 17.5 Å². The van der Waals surface area contributed by atoms with Crippen molar-refractivity contribution < 1.29 is 21.6 Å². The van der Waals surface area contributed by atoms with Gasteiger partial charge < -0.3 is 0 Å². The average Bonchev–Trinajstić information content (AvgIpc) is 2.60. The summed E-state index contributed by atoms with van der Waals surface area (Å²) >= 11 is 5.83. The predicted octanol–water partition coefficient (Wildman–Crippen LogP) is 2.60. The zero-order chi connectivity index (χ0) is 15.9. The smallest absolute Gasteiger partial charge is 0.266 e. The van der Waals surface area contributed by atoms with Crippen LogP contribution in [0.2, 0.25) is 5.15 Å². The van der Waals surface area contributed by atoms with Crippen LogP contribution >= 0.6 is 11.6 Å². The summed E-state index contributed by atoms with van der Waals surface area (Å²) in [4.78, 5) is -0.322. The highest BCUT2D eigenvalue weighted by molar-refractivity contribution is 7.92. The zero-order valence-corrected chi connectivity index (χ0v) is 12.4. The zero-order valence-electron chi connectivity index (χ0n) is 10.8. The highest BCUT2D eigenvalue weighted by atomic mass is 35.5. The van der Waals surface area contributed by atoms with Gasteiger partial charge in [-0.25, -0.2) is 21.6 Å². The Balaban J connectivity index is 2.47. The average molecular weight is 340 g/mol. The van der Waals surface area contributed by atoms with Crippen LogP contribution in [0.5, 0.6) is 0 Å². The van der Waals surface area contributed by atoms with E-state index in [0.717, 1.165) is 4.68 Å². The molecule has 21 heavy (non-hydrogen) atoms. The van der Waals surface area contributed by atoms with Gasteiger partial charge in [0, 0.05) is 19.2 Å². The summed E-state index contributed by atoms with van der Waals surface area (Å²) in [6, 6.07) is 1.05. The standard InChI is InChI=1S/C11H9ClF3N3O2S/c1-5-10(11(12)18(2)16-5)21(19,20)17-6-3-7(13)9(15)8(14)4-6/h3-4,17H,1-2H3. The van der Waals surface area contributed by atoms with E-state index in [9.17, 15) is 21.6 Å². The number of benzene rings is 1. The van der Waals surface area contributed by atoms with Crippen molar-refractivity contribution in [2.75, 3.05) is 4.72 Å². The third kappa shape index (κ3) is 2.84. The molecule has 0 amide bonds. The number of halogens is 4. The van der Waals surface area contributed by atoms with Crippen molar-refractivity contribution in [2.45, 2.75) is 11.8 Å². The summed E-state index contributed by atoms with van der Waals surface area (Å²) in [6.45, 7) is 1.41. The van der Waals surface area contributed by atoms with Crippen molar-refractivity contribution in [3.05, 3.63) is 40.4 Å². The number of sulfonamides is 1. The second-order valence-electron chi connectivity index (χ2n) is 4.19. The molecular weight excluding hydrogens is 331 g/mol. The molecule has 0 aliphatic carbocycles. The monoisotopic (exact) mass is 339 g/mol. The van der Waals surface area contributed by atoms with E-state index in [1.54, 1.807) is 0 Å². The Morgan fingerprint density at radius 2 is 1.76 bits per heavy atom. The van der Waals surface area contributed by atoms with Crippen LogP contribution in [-0.2, 0) is 17.1 Å². The van der Waals surface area contributed by atoms with Crippen molar-refractivity contribution in [1.82, 2.24) is 9.78 Å². The molecule has 5 nitrogen and oxygen atoms in total. The van der Waals surface area contributed by atoms with Gasteiger partial charge in [-0.15, -0.1) is 0 Å². The summed E-state index contributed by atoms with van der Waals surface area (Å²) in [5.41, 5.74) is -0.358. The summed E-state index contributed by atoms with van der Waals surface area (Å²) in [5, 5.41) is 3.66. The molecular formula is C11H9ClF3N3O2S. The second kappa shape index (κ2) is 5.23. The van der Waals surface area contributed by atoms with E-state index in [4.69, 9.17) is 11.6 Å². The van der Waals surface area contributed by atoms with Gasteiger partial charge in [0.2, 0.25) is 0 Å². The summed E-state index contributed by atoms with van der Waals surface area (Å²) in [7, 11) is -2.79. The number of hydrogen-bond donors (Lipinski definition) is 1. The van der Waals surface area contributed by atoms with Crippen LogP contribution in [0.3, 0.4) is 0 Å². The number of hydrogen-bond acceptors (Lipinski definition) is 3. The topological polar surface area (TPSA) is 64.0 Å². The molecule has 2 aromatic rings. The van der Waals surface area contributed by atoms with Gasteiger partial charge in [-0.3, -0.25) is 9.40 Å². The molecule has 114 valence electrons. The molecule has 0 bridgehead atoms. The first kappa shape index (κ1) is 15.6. The fourth-order valence-electron chi connectivity index (χ4n) is 1.74. The highest BCUT2D eigenvalue weighted by Gasteiger charge is 2.26. The third-order valence-electron chi connectivity index (χ3n) is 2.60. The Bertz CT molecular complexity index is 797. The lowest BCUT2D eigenvalue weighted by Gasteiger charge is -2.08. The molecule has 0 fully saturated rings. The molecule has 0 radical (unpaired) electrons. The molecule has 0 spiro atoms. The van der Waals surface area contributed by atoms with Crippen molar-refractivity contribution in [1.29, 1.82) is 0 Å². The van der Waals surface area contributed by atoms with Crippen LogP contribution in [0.25, 0.3) is 0 Å². The molecule has 0 saturated carbocycles. The summed E-state index contributed by atoms with van der Waals surface area (Å²) in [5.74, 6) is -4.71. The minimum absolute atomic E-state index is 0.109. The second-order valence-corrected chi connectivity index (χ2v) is 6.17. The predicted molar refractivity (Wildman–Crippen MR) is 70.1 cm³/mol. The van der Waals surface area contributed by atoms with Gasteiger partial charge in [-0.2, -0.15) is 5.10 Å². The van der Waals surface area contributed by atoms with Gasteiger partial charge in [0.05, 0.1) is 11.4 Å². The van der Waals surface area contributed by atoms with E-state index in [1.165, 1.54) is 14.0 Å². The molecule has 0 aliphatic rings. The van der Waals surface area contributed by atoms with Gasteiger partial charge in [-0.1, -0.05) is 11.6 Å². The Kier molecular flexibility index (Phi) is 3.89. The van der Waals surface area contributed by atoms with Crippen LogP contribution < -0.4 is 4.72 Å². The first-order valence-corrected chi connectivity index (χ1v) is 7.36. The van der Waals surface area contributed by atoms with Crippen molar-refractivity contribution >= 4 is 27.3 Å². The third-order valence-corrected chi connectivity index (χ3v) is 4.68. The molecule has 1 N–H and O–H groups in total. The van der Waals surface area contributed by atoms with Gasteiger partial charge >= 0.3 is 0 Å². The van der Waals surface area contributed by atoms with E-state index in [0.29, 0.717) is 12.1 Å². The van der Waals surface area contributed by atoms with Crippen LogP contribution in [0.1, 0.15) is 5.69 Å². The molecule has 0 saturated heterocycles. The van der Waals surface area contributed by atoms with E-state index in [1.807, 2.05) is 4.72 Å². The first-order valence-electron chi connectivity index (χ1n) is 5.50. The number of aryl methyl sites for hydroxylation is 2. The minimum atomic E-state index is -4.22. The van der Waals surface area contributed by atoms with Crippen LogP contribution in [0.15, 0.2) is 17.0 Å². The lowest BCUT2D eigenvalue weighted by molar-refractivity contribution is 0.448. The molecule has 2 rings (SSSR count). The molecule has 1 aromatic heterocycles. The van der Waals surface area contributed by atoms with E-state index in [-0.39, 0.29) is 15.7 Å². The van der Waals surface area contributed by atoms with Crippen LogP contribution in [-0.4, -0.2) is 18.2 Å². The Morgan fingerprint density at radius 1 is 1.24 bits per heavy atom. The maximum absolute atomic E-state index is 13.1. The fourth-order valence-corrected chi connectivity index (χ4v) is 3.53. The number of nitrogens with zero attached hydrogens (tertiary/aromatic N) is 2. The maximum Gasteiger partial charge on any atom is 0.266 e. The molecule has 1 aromatic carbocycles. The first-order chi connectivity index (χ1) is 9.63. The van der Waals surface area contributed by atoms with Crippen LogP contribution in [0.4, 0.5) is 18.9 Å². The van der Waals surface area contributed by atoms with Crippen LogP contribution in [0, 0.1) is 24.4 Å². The lowest BCUT2D eigenvalue weighted by atomic mass is 10.3. The van der Waals surface area contributed by atoms with Crippen molar-refractivity contribution in [2.24, 2.45) is 7.05 Å². The Morgan fingerprint density at radius 3 is 2.19 bits per heavy atom. The van der Waals surface area contributed by atoms with Gasteiger partial charge in [0.1, 0.15) is 10.0 Å².